The molecule has 6 rings (SSSR count). The molecule has 0 bridgehead atoms. The van der Waals surface area contributed by atoms with Crippen LogP contribution in [0.2, 0.25) is 0 Å². The van der Waals surface area contributed by atoms with Crippen molar-refractivity contribution in [3.05, 3.63) is 89.4 Å². The van der Waals surface area contributed by atoms with Crippen LogP contribution in [0.15, 0.2) is 67.0 Å². The molecule has 8 nitrogen and oxygen atoms in total. The number of hydrogen-bond acceptors (Lipinski definition) is 5. The lowest BCUT2D eigenvalue weighted by atomic mass is 9.97. The van der Waals surface area contributed by atoms with Crippen molar-refractivity contribution in [2.75, 3.05) is 18.0 Å². The molecule has 1 saturated heterocycles. The topological polar surface area (TPSA) is 84.2 Å². The Balaban J connectivity index is 1.20. The van der Waals surface area contributed by atoms with Gasteiger partial charge in [0, 0.05) is 49.5 Å². The van der Waals surface area contributed by atoms with E-state index in [9.17, 15) is 9.59 Å². The van der Waals surface area contributed by atoms with Crippen LogP contribution in [0.5, 0.6) is 0 Å². The Morgan fingerprint density at radius 2 is 1.87 bits per heavy atom. The highest BCUT2D eigenvalue weighted by molar-refractivity contribution is 6.00. The summed E-state index contributed by atoms with van der Waals surface area (Å²) >= 11 is 0. The fourth-order valence-corrected chi connectivity index (χ4v) is 5.55. The Labute approximate surface area is 228 Å². The molecule has 0 saturated carbocycles. The third kappa shape index (κ3) is 4.82. The standard InChI is InChI=1S/C31H32N6O2/c1-20(2)26-6-4-5-7-27(26)30-32-17-24-16-29(39)36(31(24)33-30)18-22-8-10-25(11-9-22)37-15-13-28(34-37)23-12-14-35(19-23)21(3)38/h4-11,13,15,17,20,23H,12,14,16,18-19H2,1-3H3. The van der Waals surface area contributed by atoms with E-state index in [0.29, 0.717) is 30.5 Å². The number of anilines is 1. The molecule has 4 heterocycles. The Hall–Kier alpha value is -4.33. The highest BCUT2D eigenvalue weighted by atomic mass is 16.2. The number of amides is 2. The maximum absolute atomic E-state index is 13.0. The summed E-state index contributed by atoms with van der Waals surface area (Å²) in [5.74, 6) is 2.11. The summed E-state index contributed by atoms with van der Waals surface area (Å²) in [7, 11) is 0. The molecule has 2 aromatic carbocycles. The number of rotatable bonds is 6. The third-order valence-electron chi connectivity index (χ3n) is 7.77. The Morgan fingerprint density at radius 3 is 2.62 bits per heavy atom. The fourth-order valence-electron chi connectivity index (χ4n) is 5.55. The minimum atomic E-state index is 0.0329. The fraction of sp³-hybridized carbons (Fsp3) is 0.323. The molecule has 0 N–H and O–H groups in total. The average Bonchev–Trinajstić information content (AvgIpc) is 3.68. The lowest BCUT2D eigenvalue weighted by Gasteiger charge is -2.18. The van der Waals surface area contributed by atoms with Crippen molar-refractivity contribution in [2.24, 2.45) is 0 Å². The first-order valence-corrected chi connectivity index (χ1v) is 13.5. The molecule has 2 aliphatic rings. The summed E-state index contributed by atoms with van der Waals surface area (Å²) in [6.07, 6.45) is 5.02. The Bertz CT molecular complexity index is 1540. The molecule has 0 aliphatic carbocycles. The second kappa shape index (κ2) is 10.1. The molecule has 2 aromatic heterocycles. The number of aromatic nitrogens is 4. The van der Waals surface area contributed by atoms with E-state index in [-0.39, 0.29) is 17.7 Å². The normalized spacial score (nSPS) is 16.8. The summed E-state index contributed by atoms with van der Waals surface area (Å²) < 4.78 is 1.87. The largest absolute Gasteiger partial charge is 0.342 e. The maximum atomic E-state index is 13.0. The molecule has 1 fully saturated rings. The average molecular weight is 521 g/mol. The molecular weight excluding hydrogens is 488 g/mol. The van der Waals surface area contributed by atoms with E-state index >= 15 is 0 Å². The van der Waals surface area contributed by atoms with Gasteiger partial charge in [-0.1, -0.05) is 50.2 Å². The lowest BCUT2D eigenvalue weighted by molar-refractivity contribution is -0.127. The third-order valence-corrected chi connectivity index (χ3v) is 7.77. The first-order chi connectivity index (χ1) is 18.9. The van der Waals surface area contributed by atoms with Crippen LogP contribution in [0.1, 0.15) is 61.4 Å². The van der Waals surface area contributed by atoms with Gasteiger partial charge in [-0.3, -0.25) is 14.5 Å². The zero-order chi connectivity index (χ0) is 27.1. The van der Waals surface area contributed by atoms with Gasteiger partial charge in [-0.2, -0.15) is 5.10 Å². The van der Waals surface area contributed by atoms with Gasteiger partial charge in [-0.25, -0.2) is 14.6 Å². The molecule has 8 heteroatoms. The van der Waals surface area contributed by atoms with Crippen molar-refractivity contribution in [1.29, 1.82) is 0 Å². The molecule has 198 valence electrons. The van der Waals surface area contributed by atoms with Crippen molar-refractivity contribution < 1.29 is 9.59 Å². The predicted octanol–water partition coefficient (Wildman–Crippen LogP) is 4.88. The molecule has 1 unspecified atom stereocenters. The van der Waals surface area contributed by atoms with Gasteiger partial charge in [-0.05, 0) is 41.7 Å². The van der Waals surface area contributed by atoms with E-state index in [1.54, 1.807) is 18.0 Å². The van der Waals surface area contributed by atoms with Crippen LogP contribution in [-0.2, 0) is 22.6 Å². The summed E-state index contributed by atoms with van der Waals surface area (Å²) in [5.41, 5.74) is 6.04. The quantitative estimate of drug-likeness (QED) is 0.362. The zero-order valence-electron chi connectivity index (χ0n) is 22.5. The van der Waals surface area contributed by atoms with Crippen molar-refractivity contribution in [3.63, 3.8) is 0 Å². The van der Waals surface area contributed by atoms with Crippen molar-refractivity contribution in [2.45, 2.75) is 52.0 Å². The molecule has 0 spiro atoms. The summed E-state index contributed by atoms with van der Waals surface area (Å²) in [6, 6.07) is 18.3. The van der Waals surface area contributed by atoms with Gasteiger partial charge < -0.3 is 4.90 Å². The van der Waals surface area contributed by atoms with Gasteiger partial charge in [0.25, 0.3) is 0 Å². The van der Waals surface area contributed by atoms with Crippen LogP contribution in [-0.4, -0.2) is 49.6 Å². The van der Waals surface area contributed by atoms with Crippen molar-refractivity contribution >= 4 is 17.6 Å². The smallest absolute Gasteiger partial charge is 0.233 e. The summed E-state index contributed by atoms with van der Waals surface area (Å²) in [4.78, 5) is 37.8. The van der Waals surface area contributed by atoms with E-state index in [0.717, 1.165) is 47.6 Å². The van der Waals surface area contributed by atoms with Gasteiger partial charge in [-0.15, -0.1) is 0 Å². The van der Waals surface area contributed by atoms with E-state index < -0.39 is 0 Å². The molecule has 2 aliphatic heterocycles. The Kier molecular flexibility index (Phi) is 6.46. The predicted molar refractivity (Wildman–Crippen MR) is 150 cm³/mol. The van der Waals surface area contributed by atoms with Gasteiger partial charge in [0.1, 0.15) is 5.82 Å². The first-order valence-electron chi connectivity index (χ1n) is 13.5. The lowest BCUT2D eigenvalue weighted by Crippen LogP contribution is -2.26. The molecular formula is C31H32N6O2. The number of carbonyl (C=O) groups excluding carboxylic acids is 2. The molecule has 1 atom stereocenters. The summed E-state index contributed by atoms with van der Waals surface area (Å²) in [5, 5.41) is 4.79. The van der Waals surface area contributed by atoms with Crippen LogP contribution in [0.25, 0.3) is 17.1 Å². The van der Waals surface area contributed by atoms with E-state index in [1.807, 2.05) is 64.3 Å². The second-order valence-corrected chi connectivity index (χ2v) is 10.7. The van der Waals surface area contributed by atoms with Crippen LogP contribution < -0.4 is 4.90 Å². The van der Waals surface area contributed by atoms with E-state index in [1.165, 1.54) is 5.56 Å². The van der Waals surface area contributed by atoms with Crippen LogP contribution in [0.4, 0.5) is 5.82 Å². The number of carbonyl (C=O) groups is 2. The number of likely N-dealkylation sites (tertiary alicyclic amines) is 1. The molecule has 39 heavy (non-hydrogen) atoms. The monoisotopic (exact) mass is 520 g/mol. The van der Waals surface area contributed by atoms with E-state index in [4.69, 9.17) is 10.1 Å². The van der Waals surface area contributed by atoms with Crippen LogP contribution in [0, 0.1) is 0 Å². The van der Waals surface area contributed by atoms with Gasteiger partial charge in [0.05, 0.1) is 24.3 Å². The number of hydrogen-bond donors (Lipinski definition) is 0. The Morgan fingerprint density at radius 1 is 1.08 bits per heavy atom. The SMILES string of the molecule is CC(=O)N1CCC(c2ccn(-c3ccc(CN4C(=O)Cc5cnc(-c6ccccc6C(C)C)nc54)cc3)n2)C1. The molecule has 2 amide bonds. The highest BCUT2D eigenvalue weighted by Gasteiger charge is 2.30. The number of fused-ring (bicyclic) bond motifs is 1. The minimum Gasteiger partial charge on any atom is -0.342 e. The number of nitrogens with zero attached hydrogens (tertiary/aromatic N) is 6. The van der Waals surface area contributed by atoms with Gasteiger partial charge in [0.2, 0.25) is 11.8 Å². The maximum Gasteiger partial charge on any atom is 0.233 e. The van der Waals surface area contributed by atoms with E-state index in [2.05, 4.69) is 24.9 Å². The van der Waals surface area contributed by atoms with Gasteiger partial charge in [0.15, 0.2) is 5.82 Å². The van der Waals surface area contributed by atoms with Crippen LogP contribution >= 0.6 is 0 Å². The van der Waals surface area contributed by atoms with Gasteiger partial charge >= 0.3 is 0 Å². The second-order valence-electron chi connectivity index (χ2n) is 10.7. The highest BCUT2D eigenvalue weighted by Crippen LogP contribution is 2.33. The molecule has 0 radical (unpaired) electrons. The molecule has 4 aromatic rings. The first kappa shape index (κ1) is 25.0. The van der Waals surface area contributed by atoms with Crippen LogP contribution in [0.3, 0.4) is 0 Å². The zero-order valence-corrected chi connectivity index (χ0v) is 22.5. The summed E-state index contributed by atoms with van der Waals surface area (Å²) in [6.45, 7) is 7.90. The minimum absolute atomic E-state index is 0.0329. The number of benzene rings is 2. The van der Waals surface area contributed by atoms with Crippen molar-refractivity contribution in [3.8, 4) is 17.1 Å². The van der Waals surface area contributed by atoms with Crippen molar-refractivity contribution in [1.82, 2.24) is 24.6 Å².